The SMILES string of the molecule is N#Cc1ccccc1-c1cc(-c2nc(-c3ccccc3)nc(-c3ccccc3)n2)cc(-n2c3ccccc3c3ccccc32)c1. The first-order valence-electron chi connectivity index (χ1n) is 14.8. The number of benzene rings is 6. The molecule has 0 radical (unpaired) electrons. The largest absolute Gasteiger partial charge is 0.309 e. The van der Waals surface area contributed by atoms with E-state index in [9.17, 15) is 5.26 Å². The Kier molecular flexibility index (Phi) is 6.44. The normalized spacial score (nSPS) is 11.1. The van der Waals surface area contributed by atoms with Gasteiger partial charge in [0.15, 0.2) is 17.5 Å². The van der Waals surface area contributed by atoms with Crippen molar-refractivity contribution in [2.45, 2.75) is 0 Å². The van der Waals surface area contributed by atoms with E-state index in [0.29, 0.717) is 23.0 Å². The van der Waals surface area contributed by atoms with E-state index in [2.05, 4.69) is 77.4 Å². The molecule has 0 aliphatic carbocycles. The van der Waals surface area contributed by atoms with Gasteiger partial charge in [-0.2, -0.15) is 5.26 Å². The summed E-state index contributed by atoms with van der Waals surface area (Å²) < 4.78 is 2.28. The van der Waals surface area contributed by atoms with E-state index < -0.39 is 0 Å². The number of nitrogens with zero attached hydrogens (tertiary/aromatic N) is 5. The average Bonchev–Trinajstić information content (AvgIpc) is 3.46. The molecule has 0 atom stereocenters. The van der Waals surface area contributed by atoms with Crippen LogP contribution in [0.1, 0.15) is 5.56 Å². The Hall–Kier alpha value is -6.38. The molecule has 2 heterocycles. The van der Waals surface area contributed by atoms with Crippen molar-refractivity contribution >= 4 is 21.8 Å². The number of hydrogen-bond donors (Lipinski definition) is 0. The van der Waals surface area contributed by atoms with Crippen LogP contribution in [-0.2, 0) is 0 Å². The standard InChI is InChI=1S/C40H25N5/c41-26-29-17-7-8-18-33(29)30-23-31(25-32(24-30)45-36-21-11-9-19-34(36)35-20-10-12-22-37(35)45)40-43-38(27-13-3-1-4-14-27)42-39(44-40)28-15-5-2-6-16-28/h1-25H. The first-order chi connectivity index (χ1) is 22.3. The third-order valence-corrected chi connectivity index (χ3v) is 8.07. The second kappa shape index (κ2) is 11.0. The van der Waals surface area contributed by atoms with Crippen molar-refractivity contribution in [3.63, 3.8) is 0 Å². The third-order valence-electron chi connectivity index (χ3n) is 8.07. The molecule has 210 valence electrons. The van der Waals surface area contributed by atoms with E-state index in [1.165, 1.54) is 10.8 Å². The summed E-state index contributed by atoms with van der Waals surface area (Å²) in [6.07, 6.45) is 0. The lowest BCUT2D eigenvalue weighted by Gasteiger charge is -2.15. The Bertz CT molecular complexity index is 2270. The highest BCUT2D eigenvalue weighted by Crippen LogP contribution is 2.36. The first-order valence-corrected chi connectivity index (χ1v) is 14.8. The summed E-state index contributed by atoms with van der Waals surface area (Å²) >= 11 is 0. The molecule has 0 spiro atoms. The van der Waals surface area contributed by atoms with Crippen LogP contribution >= 0.6 is 0 Å². The van der Waals surface area contributed by atoms with Crippen molar-refractivity contribution in [2.24, 2.45) is 0 Å². The van der Waals surface area contributed by atoms with Crippen LogP contribution < -0.4 is 0 Å². The Morgan fingerprint density at radius 1 is 0.444 bits per heavy atom. The molecule has 0 fully saturated rings. The minimum Gasteiger partial charge on any atom is -0.309 e. The Balaban J connectivity index is 1.44. The minimum absolute atomic E-state index is 0.556. The summed E-state index contributed by atoms with van der Waals surface area (Å²) in [6, 6.07) is 53.3. The molecule has 0 N–H and O–H groups in total. The van der Waals surface area contributed by atoms with Gasteiger partial charge < -0.3 is 4.57 Å². The molecule has 0 bridgehead atoms. The molecule has 8 aromatic rings. The summed E-state index contributed by atoms with van der Waals surface area (Å²) in [5.74, 6) is 1.75. The van der Waals surface area contributed by atoms with Crippen molar-refractivity contribution in [3.05, 3.63) is 157 Å². The molecule has 2 aromatic heterocycles. The van der Waals surface area contributed by atoms with E-state index in [-0.39, 0.29) is 0 Å². The van der Waals surface area contributed by atoms with Crippen LogP contribution in [-0.4, -0.2) is 19.5 Å². The number of para-hydroxylation sites is 2. The van der Waals surface area contributed by atoms with Crippen molar-refractivity contribution in [3.8, 4) is 57.0 Å². The topological polar surface area (TPSA) is 67.4 Å². The summed E-state index contributed by atoms with van der Waals surface area (Å²) in [7, 11) is 0. The van der Waals surface area contributed by atoms with Crippen LogP contribution in [0.15, 0.2) is 152 Å². The fourth-order valence-corrected chi connectivity index (χ4v) is 6.00. The predicted octanol–water partition coefficient (Wildman–Crippen LogP) is 9.51. The Morgan fingerprint density at radius 3 is 1.49 bits per heavy atom. The molecule has 0 unspecified atom stereocenters. The summed E-state index contributed by atoms with van der Waals surface area (Å²) in [5, 5.41) is 12.4. The molecule has 6 aromatic carbocycles. The van der Waals surface area contributed by atoms with E-state index in [0.717, 1.165) is 44.5 Å². The van der Waals surface area contributed by atoms with Gasteiger partial charge in [0.25, 0.3) is 0 Å². The maximum absolute atomic E-state index is 10.0. The van der Waals surface area contributed by atoms with Gasteiger partial charge in [0.2, 0.25) is 0 Å². The molecular weight excluding hydrogens is 550 g/mol. The van der Waals surface area contributed by atoms with E-state index in [4.69, 9.17) is 15.0 Å². The minimum atomic E-state index is 0.556. The number of aromatic nitrogens is 4. The van der Waals surface area contributed by atoms with Crippen LogP contribution in [0, 0.1) is 11.3 Å². The van der Waals surface area contributed by atoms with Crippen molar-refractivity contribution in [2.75, 3.05) is 0 Å². The van der Waals surface area contributed by atoms with Gasteiger partial charge in [-0.25, -0.2) is 15.0 Å². The zero-order chi connectivity index (χ0) is 30.2. The molecule has 0 aliphatic heterocycles. The maximum atomic E-state index is 10.0. The highest BCUT2D eigenvalue weighted by atomic mass is 15.0. The summed E-state index contributed by atoms with van der Waals surface area (Å²) in [6.45, 7) is 0. The van der Waals surface area contributed by atoms with Gasteiger partial charge in [0, 0.05) is 33.2 Å². The van der Waals surface area contributed by atoms with Crippen molar-refractivity contribution in [1.82, 2.24) is 19.5 Å². The van der Waals surface area contributed by atoms with Crippen LogP contribution in [0.25, 0.3) is 72.8 Å². The van der Waals surface area contributed by atoms with Crippen LogP contribution in [0.5, 0.6) is 0 Å². The van der Waals surface area contributed by atoms with E-state index >= 15 is 0 Å². The number of nitriles is 1. The van der Waals surface area contributed by atoms with Gasteiger partial charge in [0.1, 0.15) is 0 Å². The van der Waals surface area contributed by atoms with Crippen LogP contribution in [0.2, 0.25) is 0 Å². The monoisotopic (exact) mass is 575 g/mol. The number of rotatable bonds is 5. The molecule has 0 aliphatic rings. The van der Waals surface area contributed by atoms with Crippen LogP contribution in [0.4, 0.5) is 0 Å². The first kappa shape index (κ1) is 26.3. The van der Waals surface area contributed by atoms with Gasteiger partial charge in [-0.05, 0) is 47.5 Å². The Labute approximate surface area is 260 Å². The molecule has 8 rings (SSSR count). The lowest BCUT2D eigenvalue weighted by molar-refractivity contribution is 1.07. The zero-order valence-electron chi connectivity index (χ0n) is 24.2. The quantitative estimate of drug-likeness (QED) is 0.205. The average molecular weight is 576 g/mol. The number of fused-ring (bicyclic) bond motifs is 3. The molecule has 5 heteroatoms. The Morgan fingerprint density at radius 2 is 0.911 bits per heavy atom. The highest BCUT2D eigenvalue weighted by Gasteiger charge is 2.18. The van der Waals surface area contributed by atoms with Gasteiger partial charge in [0.05, 0.1) is 22.7 Å². The maximum Gasteiger partial charge on any atom is 0.164 e. The van der Waals surface area contributed by atoms with E-state index in [1.807, 2.05) is 84.9 Å². The second-order valence-electron chi connectivity index (χ2n) is 10.8. The summed E-state index contributed by atoms with van der Waals surface area (Å²) in [4.78, 5) is 14.9. The molecule has 0 amide bonds. The van der Waals surface area contributed by atoms with Crippen molar-refractivity contribution in [1.29, 1.82) is 5.26 Å². The molecule has 5 nitrogen and oxygen atoms in total. The van der Waals surface area contributed by atoms with Gasteiger partial charge in [-0.3, -0.25) is 0 Å². The van der Waals surface area contributed by atoms with Crippen molar-refractivity contribution < 1.29 is 0 Å². The highest BCUT2D eigenvalue weighted by molar-refractivity contribution is 6.09. The second-order valence-corrected chi connectivity index (χ2v) is 10.8. The molecule has 0 saturated heterocycles. The fraction of sp³-hybridized carbons (Fsp3) is 0. The molecule has 0 saturated carbocycles. The third kappa shape index (κ3) is 4.71. The van der Waals surface area contributed by atoms with Gasteiger partial charge in [-0.15, -0.1) is 0 Å². The summed E-state index contributed by atoms with van der Waals surface area (Å²) in [5.41, 5.74) is 8.16. The van der Waals surface area contributed by atoms with Gasteiger partial charge >= 0.3 is 0 Å². The number of hydrogen-bond acceptors (Lipinski definition) is 4. The van der Waals surface area contributed by atoms with Gasteiger partial charge in [-0.1, -0.05) is 115 Å². The van der Waals surface area contributed by atoms with E-state index in [1.54, 1.807) is 0 Å². The van der Waals surface area contributed by atoms with Crippen LogP contribution in [0.3, 0.4) is 0 Å². The lowest BCUT2D eigenvalue weighted by Crippen LogP contribution is -2.02. The molecular formula is C40H25N5. The fourth-order valence-electron chi connectivity index (χ4n) is 6.00. The predicted molar refractivity (Wildman–Crippen MR) is 181 cm³/mol. The smallest absolute Gasteiger partial charge is 0.164 e. The zero-order valence-corrected chi connectivity index (χ0v) is 24.2. The lowest BCUT2D eigenvalue weighted by atomic mass is 9.97. The molecule has 45 heavy (non-hydrogen) atoms.